The number of likely N-dealkylation sites (N-methyl/N-ethyl adjacent to an activating group) is 1. The van der Waals surface area contributed by atoms with E-state index in [1.54, 1.807) is 19.1 Å². The third kappa shape index (κ3) is 4.40. The molecule has 1 amide bonds. The lowest BCUT2D eigenvalue weighted by Crippen LogP contribution is -2.36. The van der Waals surface area contributed by atoms with Crippen molar-refractivity contribution < 1.29 is 9.53 Å². The van der Waals surface area contributed by atoms with E-state index in [2.05, 4.69) is 10.6 Å². The summed E-state index contributed by atoms with van der Waals surface area (Å²) < 4.78 is 5.73. The monoisotopic (exact) mass is 284 g/mol. The van der Waals surface area contributed by atoms with E-state index < -0.39 is 6.10 Å². The van der Waals surface area contributed by atoms with Crippen molar-refractivity contribution in [2.24, 2.45) is 0 Å². The predicted molar refractivity (Wildman–Crippen MR) is 77.7 cm³/mol. The Labute approximate surface area is 119 Å². The van der Waals surface area contributed by atoms with Crippen molar-refractivity contribution >= 4 is 17.5 Å². The molecule has 1 aromatic carbocycles. The highest BCUT2D eigenvalue weighted by molar-refractivity contribution is 6.30. The van der Waals surface area contributed by atoms with Gasteiger partial charge >= 0.3 is 0 Å². The van der Waals surface area contributed by atoms with Crippen LogP contribution in [0.15, 0.2) is 18.2 Å². The maximum atomic E-state index is 11.7. The standard InChI is InChI=1S/C14H21ClN2O2/c1-5-17-14(18)10(3)19-13-7-6-11(15)8-12(13)9(2)16-4/h6-10,16H,5H2,1-4H3,(H,17,18). The average Bonchev–Trinajstić information content (AvgIpc) is 2.40. The third-order valence-corrected chi connectivity index (χ3v) is 3.13. The van der Waals surface area contributed by atoms with Gasteiger partial charge in [0.2, 0.25) is 0 Å². The molecule has 2 N–H and O–H groups in total. The van der Waals surface area contributed by atoms with Crippen molar-refractivity contribution in [1.29, 1.82) is 0 Å². The topological polar surface area (TPSA) is 50.4 Å². The van der Waals surface area contributed by atoms with Gasteiger partial charge in [0, 0.05) is 23.2 Å². The van der Waals surface area contributed by atoms with Gasteiger partial charge < -0.3 is 15.4 Å². The summed E-state index contributed by atoms with van der Waals surface area (Å²) in [7, 11) is 1.86. The van der Waals surface area contributed by atoms with Crippen molar-refractivity contribution in [2.45, 2.75) is 32.9 Å². The summed E-state index contributed by atoms with van der Waals surface area (Å²) in [5.74, 6) is 0.547. The first kappa shape index (κ1) is 15.8. The van der Waals surface area contributed by atoms with E-state index in [9.17, 15) is 4.79 Å². The normalized spacial score (nSPS) is 13.7. The summed E-state index contributed by atoms with van der Waals surface area (Å²) in [6.07, 6.45) is -0.538. The molecule has 1 aromatic rings. The van der Waals surface area contributed by atoms with E-state index in [0.717, 1.165) is 5.56 Å². The molecule has 0 aromatic heterocycles. The van der Waals surface area contributed by atoms with Crippen molar-refractivity contribution in [2.75, 3.05) is 13.6 Å². The molecule has 2 atom stereocenters. The number of hydrogen-bond acceptors (Lipinski definition) is 3. The molecule has 1 rings (SSSR count). The van der Waals surface area contributed by atoms with Crippen LogP contribution >= 0.6 is 11.6 Å². The Morgan fingerprint density at radius 1 is 1.42 bits per heavy atom. The van der Waals surface area contributed by atoms with Gasteiger partial charge in [-0.3, -0.25) is 4.79 Å². The molecule has 2 unspecified atom stereocenters. The molecule has 0 aliphatic rings. The third-order valence-electron chi connectivity index (χ3n) is 2.90. The maximum Gasteiger partial charge on any atom is 0.260 e. The second-order valence-corrected chi connectivity index (χ2v) is 4.78. The van der Waals surface area contributed by atoms with Crippen LogP contribution in [0.2, 0.25) is 5.02 Å². The Hall–Kier alpha value is -1.26. The number of carbonyl (C=O) groups is 1. The fourth-order valence-electron chi connectivity index (χ4n) is 1.68. The number of halogens is 1. The average molecular weight is 285 g/mol. The number of benzene rings is 1. The van der Waals surface area contributed by atoms with Crippen molar-refractivity contribution in [1.82, 2.24) is 10.6 Å². The Morgan fingerprint density at radius 2 is 2.11 bits per heavy atom. The van der Waals surface area contributed by atoms with Gasteiger partial charge in [-0.05, 0) is 46.0 Å². The Balaban J connectivity index is 2.91. The van der Waals surface area contributed by atoms with E-state index in [1.807, 2.05) is 27.0 Å². The molecule has 0 radical (unpaired) electrons. The molecule has 4 nitrogen and oxygen atoms in total. The Kier molecular flexibility index (Phi) is 6.12. The molecule has 0 saturated carbocycles. The fourth-order valence-corrected chi connectivity index (χ4v) is 1.86. The van der Waals surface area contributed by atoms with Gasteiger partial charge in [-0.1, -0.05) is 11.6 Å². The molecule has 0 heterocycles. The lowest BCUT2D eigenvalue weighted by molar-refractivity contribution is -0.127. The summed E-state index contributed by atoms with van der Waals surface area (Å²) in [6.45, 7) is 6.21. The Bertz CT molecular complexity index is 437. The minimum absolute atomic E-state index is 0.0927. The van der Waals surface area contributed by atoms with E-state index >= 15 is 0 Å². The van der Waals surface area contributed by atoms with Gasteiger partial charge in [-0.2, -0.15) is 0 Å². The van der Waals surface area contributed by atoms with Crippen LogP contribution in [0.3, 0.4) is 0 Å². The molecule has 106 valence electrons. The smallest absolute Gasteiger partial charge is 0.260 e. The van der Waals surface area contributed by atoms with Gasteiger partial charge in [0.05, 0.1) is 0 Å². The summed E-state index contributed by atoms with van der Waals surface area (Å²) in [5, 5.41) is 6.52. The zero-order valence-electron chi connectivity index (χ0n) is 11.8. The molecular formula is C14H21ClN2O2. The van der Waals surface area contributed by atoms with E-state index in [4.69, 9.17) is 16.3 Å². The number of nitrogens with one attached hydrogen (secondary N) is 2. The van der Waals surface area contributed by atoms with E-state index in [0.29, 0.717) is 17.3 Å². The highest BCUT2D eigenvalue weighted by Crippen LogP contribution is 2.29. The van der Waals surface area contributed by atoms with Crippen LogP contribution < -0.4 is 15.4 Å². The number of ether oxygens (including phenoxy) is 1. The highest BCUT2D eigenvalue weighted by atomic mass is 35.5. The van der Waals surface area contributed by atoms with Gasteiger partial charge in [-0.25, -0.2) is 0 Å². The number of amides is 1. The van der Waals surface area contributed by atoms with Crippen LogP contribution in [0.1, 0.15) is 32.4 Å². The van der Waals surface area contributed by atoms with E-state index in [1.165, 1.54) is 0 Å². The van der Waals surface area contributed by atoms with Crippen molar-refractivity contribution in [3.63, 3.8) is 0 Å². The second-order valence-electron chi connectivity index (χ2n) is 4.35. The van der Waals surface area contributed by atoms with Crippen LogP contribution in [0.4, 0.5) is 0 Å². The zero-order valence-corrected chi connectivity index (χ0v) is 12.5. The molecule has 0 aliphatic heterocycles. The van der Waals surface area contributed by atoms with Gasteiger partial charge in [0.1, 0.15) is 5.75 Å². The minimum Gasteiger partial charge on any atom is -0.481 e. The molecule has 0 saturated heterocycles. The number of rotatable bonds is 6. The van der Waals surface area contributed by atoms with Gasteiger partial charge in [0.15, 0.2) is 6.10 Å². The summed E-state index contributed by atoms with van der Waals surface area (Å²) in [4.78, 5) is 11.7. The van der Waals surface area contributed by atoms with Crippen LogP contribution in [0.25, 0.3) is 0 Å². The number of hydrogen-bond donors (Lipinski definition) is 2. The lowest BCUT2D eigenvalue weighted by atomic mass is 10.1. The number of carbonyl (C=O) groups excluding carboxylic acids is 1. The van der Waals surface area contributed by atoms with Crippen molar-refractivity contribution in [3.8, 4) is 5.75 Å². The molecule has 0 spiro atoms. The van der Waals surface area contributed by atoms with E-state index in [-0.39, 0.29) is 11.9 Å². The molecule has 5 heteroatoms. The SMILES string of the molecule is CCNC(=O)C(C)Oc1ccc(Cl)cc1C(C)NC. The van der Waals surface area contributed by atoms with Crippen LogP contribution in [-0.2, 0) is 4.79 Å². The van der Waals surface area contributed by atoms with Crippen LogP contribution in [0.5, 0.6) is 5.75 Å². The quantitative estimate of drug-likeness (QED) is 0.844. The minimum atomic E-state index is -0.538. The molecule has 19 heavy (non-hydrogen) atoms. The van der Waals surface area contributed by atoms with Crippen LogP contribution in [-0.4, -0.2) is 25.6 Å². The predicted octanol–water partition coefficient (Wildman–Crippen LogP) is 2.52. The zero-order chi connectivity index (χ0) is 14.4. The molecule has 0 bridgehead atoms. The van der Waals surface area contributed by atoms with Crippen molar-refractivity contribution in [3.05, 3.63) is 28.8 Å². The summed E-state index contributed by atoms with van der Waals surface area (Å²) >= 11 is 6.00. The first-order chi connectivity index (χ1) is 8.99. The summed E-state index contributed by atoms with van der Waals surface area (Å²) in [5.41, 5.74) is 0.936. The van der Waals surface area contributed by atoms with Gasteiger partial charge in [0.25, 0.3) is 5.91 Å². The first-order valence-electron chi connectivity index (χ1n) is 6.40. The largest absolute Gasteiger partial charge is 0.481 e. The molecule has 0 fully saturated rings. The lowest BCUT2D eigenvalue weighted by Gasteiger charge is -2.20. The highest BCUT2D eigenvalue weighted by Gasteiger charge is 2.17. The molecule has 0 aliphatic carbocycles. The fraction of sp³-hybridized carbons (Fsp3) is 0.500. The van der Waals surface area contributed by atoms with Crippen LogP contribution in [0, 0.1) is 0 Å². The molecular weight excluding hydrogens is 264 g/mol. The maximum absolute atomic E-state index is 11.7. The van der Waals surface area contributed by atoms with Gasteiger partial charge in [-0.15, -0.1) is 0 Å². The Morgan fingerprint density at radius 3 is 2.68 bits per heavy atom. The first-order valence-corrected chi connectivity index (χ1v) is 6.78. The second kappa shape index (κ2) is 7.36. The summed E-state index contributed by atoms with van der Waals surface area (Å²) in [6, 6.07) is 5.49.